The summed E-state index contributed by atoms with van der Waals surface area (Å²) in [6.45, 7) is 1.83. The van der Waals surface area contributed by atoms with E-state index in [1.165, 1.54) is 5.56 Å². The number of rotatable bonds is 9. The molecule has 0 aliphatic heterocycles. The molecule has 1 aromatic heterocycles. The first-order valence-electron chi connectivity index (χ1n) is 8.73. The average molecular weight is 349 g/mol. The number of hydrogen-bond donors (Lipinski definition) is 1. The van der Waals surface area contributed by atoms with Gasteiger partial charge in [0.05, 0.1) is 6.61 Å². The van der Waals surface area contributed by atoms with Crippen LogP contribution in [0, 0.1) is 0 Å². The molecule has 0 unspecified atom stereocenters. The van der Waals surface area contributed by atoms with Crippen molar-refractivity contribution in [3.05, 3.63) is 90.0 Å². The zero-order valence-electron chi connectivity index (χ0n) is 14.7. The molecule has 0 aliphatic rings. The van der Waals surface area contributed by atoms with Crippen LogP contribution in [0.25, 0.3) is 0 Å². The van der Waals surface area contributed by atoms with Crippen LogP contribution in [0.5, 0.6) is 0 Å². The van der Waals surface area contributed by atoms with Crippen LogP contribution >= 0.6 is 0 Å². The summed E-state index contributed by atoms with van der Waals surface area (Å²) in [5.41, 5.74) is 2.29. The quantitative estimate of drug-likeness (QED) is 0.646. The van der Waals surface area contributed by atoms with Gasteiger partial charge < -0.3 is 14.6 Å². The third kappa shape index (κ3) is 5.57. The monoisotopic (exact) mass is 349 g/mol. The van der Waals surface area contributed by atoms with Gasteiger partial charge in [-0.1, -0.05) is 60.7 Å². The van der Waals surface area contributed by atoms with E-state index in [9.17, 15) is 4.79 Å². The van der Waals surface area contributed by atoms with Crippen LogP contribution in [-0.2, 0) is 29.1 Å². The number of amides is 1. The minimum Gasteiger partial charge on any atom is -0.367 e. The summed E-state index contributed by atoms with van der Waals surface area (Å²) in [7, 11) is 0. The molecule has 2 aromatic carbocycles. The molecule has 3 aromatic rings. The standard InChI is InChI=1S/C21H23N3O2/c25-21(17-26-16-19-9-5-2-6-10-19)23-12-11-20-22-13-14-24(20)15-18-7-3-1-4-8-18/h1-10,13-14H,11-12,15-17H2,(H,23,25). The molecule has 5 heteroatoms. The van der Waals surface area contributed by atoms with Crippen molar-refractivity contribution in [1.29, 1.82) is 0 Å². The Morgan fingerprint density at radius 2 is 1.69 bits per heavy atom. The largest absolute Gasteiger partial charge is 0.367 e. The lowest BCUT2D eigenvalue weighted by molar-refractivity contribution is -0.126. The van der Waals surface area contributed by atoms with E-state index in [-0.39, 0.29) is 12.5 Å². The van der Waals surface area contributed by atoms with Crippen LogP contribution in [0.15, 0.2) is 73.1 Å². The number of carbonyl (C=O) groups is 1. The summed E-state index contributed by atoms with van der Waals surface area (Å²) in [6.07, 6.45) is 4.44. The lowest BCUT2D eigenvalue weighted by atomic mass is 10.2. The van der Waals surface area contributed by atoms with E-state index in [4.69, 9.17) is 4.74 Å². The predicted octanol–water partition coefficient (Wildman–Crippen LogP) is 2.81. The Balaban J connectivity index is 1.38. The molecule has 0 spiro atoms. The predicted molar refractivity (Wildman–Crippen MR) is 101 cm³/mol. The lowest BCUT2D eigenvalue weighted by Gasteiger charge is -2.09. The van der Waals surface area contributed by atoms with Crippen molar-refractivity contribution in [2.45, 2.75) is 19.6 Å². The molecule has 3 rings (SSSR count). The Morgan fingerprint density at radius 3 is 2.42 bits per heavy atom. The number of ether oxygens (including phenoxy) is 1. The molecular formula is C21H23N3O2. The Kier molecular flexibility index (Phi) is 6.56. The van der Waals surface area contributed by atoms with Gasteiger partial charge in [0.25, 0.3) is 0 Å². The summed E-state index contributed by atoms with van der Waals surface area (Å²) >= 11 is 0. The molecule has 0 saturated heterocycles. The number of hydrogen-bond acceptors (Lipinski definition) is 3. The highest BCUT2D eigenvalue weighted by Crippen LogP contribution is 2.06. The second-order valence-corrected chi connectivity index (χ2v) is 6.04. The maximum atomic E-state index is 11.9. The van der Waals surface area contributed by atoms with Gasteiger partial charge in [-0.05, 0) is 11.1 Å². The van der Waals surface area contributed by atoms with E-state index in [0.29, 0.717) is 19.6 Å². The highest BCUT2D eigenvalue weighted by molar-refractivity contribution is 5.77. The number of aromatic nitrogens is 2. The molecule has 1 amide bonds. The maximum Gasteiger partial charge on any atom is 0.246 e. The molecule has 0 bridgehead atoms. The van der Waals surface area contributed by atoms with E-state index in [1.807, 2.05) is 54.7 Å². The zero-order chi connectivity index (χ0) is 18.0. The van der Waals surface area contributed by atoms with Crippen molar-refractivity contribution in [3.8, 4) is 0 Å². The fourth-order valence-electron chi connectivity index (χ4n) is 2.69. The zero-order valence-corrected chi connectivity index (χ0v) is 14.7. The molecule has 0 fully saturated rings. The van der Waals surface area contributed by atoms with Gasteiger partial charge in [-0.2, -0.15) is 0 Å². The van der Waals surface area contributed by atoms with Gasteiger partial charge in [-0.15, -0.1) is 0 Å². The van der Waals surface area contributed by atoms with Gasteiger partial charge in [-0.25, -0.2) is 4.98 Å². The van der Waals surface area contributed by atoms with E-state index < -0.39 is 0 Å². The first kappa shape index (κ1) is 17.9. The normalized spacial score (nSPS) is 10.6. The topological polar surface area (TPSA) is 56.1 Å². The van der Waals surface area contributed by atoms with E-state index in [1.54, 1.807) is 6.20 Å². The van der Waals surface area contributed by atoms with Gasteiger partial charge >= 0.3 is 0 Å². The van der Waals surface area contributed by atoms with E-state index >= 15 is 0 Å². The lowest BCUT2D eigenvalue weighted by Crippen LogP contribution is -2.30. The number of nitrogens with one attached hydrogen (secondary N) is 1. The second kappa shape index (κ2) is 9.53. The van der Waals surface area contributed by atoms with Crippen LogP contribution in [0.1, 0.15) is 17.0 Å². The summed E-state index contributed by atoms with van der Waals surface area (Å²) in [5.74, 6) is 0.849. The minimum absolute atomic E-state index is 0.0628. The molecule has 134 valence electrons. The highest BCUT2D eigenvalue weighted by atomic mass is 16.5. The fourth-order valence-corrected chi connectivity index (χ4v) is 2.69. The van der Waals surface area contributed by atoms with Crippen molar-refractivity contribution >= 4 is 5.91 Å². The molecule has 0 atom stereocenters. The molecule has 0 radical (unpaired) electrons. The summed E-state index contributed by atoms with van der Waals surface area (Å²) in [4.78, 5) is 16.3. The van der Waals surface area contributed by atoms with E-state index in [2.05, 4.69) is 27.0 Å². The number of nitrogens with zero attached hydrogens (tertiary/aromatic N) is 2. The van der Waals surface area contributed by atoms with Crippen molar-refractivity contribution in [2.24, 2.45) is 0 Å². The van der Waals surface area contributed by atoms with Crippen molar-refractivity contribution in [3.63, 3.8) is 0 Å². The number of carbonyl (C=O) groups excluding carboxylic acids is 1. The Morgan fingerprint density at radius 1 is 1.00 bits per heavy atom. The second-order valence-electron chi connectivity index (χ2n) is 6.04. The summed E-state index contributed by atoms with van der Waals surface area (Å²) in [6, 6.07) is 20.1. The third-order valence-electron chi connectivity index (χ3n) is 4.01. The van der Waals surface area contributed by atoms with Crippen LogP contribution in [0.2, 0.25) is 0 Å². The fraction of sp³-hybridized carbons (Fsp3) is 0.238. The van der Waals surface area contributed by atoms with Crippen LogP contribution in [0.3, 0.4) is 0 Å². The molecule has 5 nitrogen and oxygen atoms in total. The summed E-state index contributed by atoms with van der Waals surface area (Å²) < 4.78 is 7.54. The first-order chi connectivity index (χ1) is 12.8. The van der Waals surface area contributed by atoms with Crippen molar-refractivity contribution in [2.75, 3.05) is 13.2 Å². The molecule has 0 saturated carbocycles. The first-order valence-corrected chi connectivity index (χ1v) is 8.73. The molecule has 26 heavy (non-hydrogen) atoms. The van der Waals surface area contributed by atoms with Gasteiger partial charge in [0, 0.05) is 31.9 Å². The van der Waals surface area contributed by atoms with Crippen LogP contribution in [-0.4, -0.2) is 28.6 Å². The van der Waals surface area contributed by atoms with Gasteiger partial charge in [0.2, 0.25) is 5.91 Å². The average Bonchev–Trinajstić information content (AvgIpc) is 3.10. The maximum absolute atomic E-state index is 11.9. The molecule has 1 heterocycles. The Hall–Kier alpha value is -2.92. The van der Waals surface area contributed by atoms with E-state index in [0.717, 1.165) is 17.9 Å². The van der Waals surface area contributed by atoms with Gasteiger partial charge in [0.15, 0.2) is 0 Å². The van der Waals surface area contributed by atoms with Crippen molar-refractivity contribution in [1.82, 2.24) is 14.9 Å². The molecule has 0 aliphatic carbocycles. The van der Waals surface area contributed by atoms with Gasteiger partial charge in [-0.3, -0.25) is 4.79 Å². The Bertz CT molecular complexity index is 800. The third-order valence-corrected chi connectivity index (χ3v) is 4.01. The molecular weight excluding hydrogens is 326 g/mol. The SMILES string of the molecule is O=C(COCc1ccccc1)NCCc1nccn1Cc1ccccc1. The van der Waals surface area contributed by atoms with Gasteiger partial charge in [0.1, 0.15) is 12.4 Å². The number of benzene rings is 2. The number of imidazole rings is 1. The molecule has 1 N–H and O–H groups in total. The Labute approximate surface area is 153 Å². The smallest absolute Gasteiger partial charge is 0.246 e. The minimum atomic E-state index is -0.109. The van der Waals surface area contributed by atoms with Crippen molar-refractivity contribution < 1.29 is 9.53 Å². The summed E-state index contributed by atoms with van der Waals surface area (Å²) in [5, 5.41) is 2.88. The van der Waals surface area contributed by atoms with Crippen LogP contribution < -0.4 is 5.32 Å². The van der Waals surface area contributed by atoms with Crippen LogP contribution in [0.4, 0.5) is 0 Å². The highest BCUT2D eigenvalue weighted by Gasteiger charge is 2.06.